The molecule has 0 saturated carbocycles. The Morgan fingerprint density at radius 2 is 2.19 bits per heavy atom. The van der Waals surface area contributed by atoms with Crippen LogP contribution in [0.2, 0.25) is 0 Å². The van der Waals surface area contributed by atoms with Gasteiger partial charge in [0.2, 0.25) is 0 Å². The van der Waals surface area contributed by atoms with Gasteiger partial charge in [-0.25, -0.2) is 0 Å². The minimum Gasteiger partial charge on any atom is -0.481 e. The van der Waals surface area contributed by atoms with E-state index in [1.54, 1.807) is 0 Å². The SMILES string of the molecule is C[C@@H]1CC(CC(=O)O)c2ccccc2S1=O. The molecule has 1 aromatic rings. The van der Waals surface area contributed by atoms with Gasteiger partial charge < -0.3 is 5.11 Å². The number of hydrogen-bond acceptors (Lipinski definition) is 2. The fourth-order valence-corrected chi connectivity index (χ4v) is 3.76. The number of carbonyl (C=O) groups is 1. The molecule has 0 bridgehead atoms. The van der Waals surface area contributed by atoms with Crippen molar-refractivity contribution in [2.45, 2.75) is 35.8 Å². The second-order valence-corrected chi connectivity index (χ2v) is 6.02. The number of aliphatic carboxylic acids is 1. The third kappa shape index (κ3) is 2.02. The molecule has 3 nitrogen and oxygen atoms in total. The highest BCUT2D eigenvalue weighted by Crippen LogP contribution is 2.37. The van der Waals surface area contributed by atoms with Crippen LogP contribution >= 0.6 is 0 Å². The number of hydrogen-bond donors (Lipinski definition) is 1. The van der Waals surface area contributed by atoms with Gasteiger partial charge >= 0.3 is 5.97 Å². The first-order chi connectivity index (χ1) is 7.59. The Bertz CT molecular complexity index is 442. The summed E-state index contributed by atoms with van der Waals surface area (Å²) in [5, 5.41) is 8.91. The van der Waals surface area contributed by atoms with Crippen molar-refractivity contribution < 1.29 is 14.1 Å². The minimum absolute atomic E-state index is 0.00130. The Morgan fingerprint density at radius 3 is 2.88 bits per heavy atom. The lowest BCUT2D eigenvalue weighted by atomic mass is 9.91. The highest BCUT2D eigenvalue weighted by molar-refractivity contribution is 7.85. The minimum atomic E-state index is -0.988. The molecule has 1 aliphatic heterocycles. The summed E-state index contributed by atoms with van der Waals surface area (Å²) in [5.74, 6) is -0.791. The van der Waals surface area contributed by atoms with Gasteiger partial charge in [0, 0.05) is 10.1 Å². The van der Waals surface area contributed by atoms with Gasteiger partial charge in [-0.1, -0.05) is 25.1 Å². The Labute approximate surface area is 96.9 Å². The van der Waals surface area contributed by atoms with Crippen LogP contribution < -0.4 is 0 Å². The van der Waals surface area contributed by atoms with Gasteiger partial charge in [-0.3, -0.25) is 9.00 Å². The molecule has 1 aromatic carbocycles. The molecule has 1 heterocycles. The Kier molecular flexibility index (Phi) is 3.10. The van der Waals surface area contributed by atoms with E-state index < -0.39 is 16.8 Å². The maximum absolute atomic E-state index is 12.0. The van der Waals surface area contributed by atoms with E-state index in [-0.39, 0.29) is 17.6 Å². The number of benzene rings is 1. The van der Waals surface area contributed by atoms with Gasteiger partial charge in [-0.2, -0.15) is 0 Å². The fraction of sp³-hybridized carbons (Fsp3) is 0.417. The average Bonchev–Trinajstić information content (AvgIpc) is 2.25. The summed E-state index contributed by atoms with van der Waals surface area (Å²) >= 11 is 0. The van der Waals surface area contributed by atoms with Crippen LogP contribution in [0.15, 0.2) is 29.2 Å². The third-order valence-corrected chi connectivity index (χ3v) is 4.71. The van der Waals surface area contributed by atoms with E-state index in [1.807, 2.05) is 31.2 Å². The topological polar surface area (TPSA) is 54.4 Å². The Hall–Kier alpha value is -1.16. The van der Waals surface area contributed by atoms with Gasteiger partial charge in [0.05, 0.1) is 17.2 Å². The monoisotopic (exact) mass is 238 g/mol. The van der Waals surface area contributed by atoms with E-state index >= 15 is 0 Å². The largest absolute Gasteiger partial charge is 0.481 e. The molecule has 0 amide bonds. The first-order valence-electron chi connectivity index (χ1n) is 5.31. The van der Waals surface area contributed by atoms with Gasteiger partial charge in [0.15, 0.2) is 0 Å². The van der Waals surface area contributed by atoms with Crippen molar-refractivity contribution in [1.82, 2.24) is 0 Å². The molecular formula is C12H14O3S. The highest BCUT2D eigenvalue weighted by atomic mass is 32.2. The van der Waals surface area contributed by atoms with Crippen LogP contribution in [0.25, 0.3) is 0 Å². The van der Waals surface area contributed by atoms with Crippen LogP contribution in [-0.2, 0) is 15.6 Å². The van der Waals surface area contributed by atoms with Crippen LogP contribution in [-0.4, -0.2) is 20.5 Å². The summed E-state index contributed by atoms with van der Waals surface area (Å²) in [6, 6.07) is 7.47. The second-order valence-electron chi connectivity index (χ2n) is 4.18. The van der Waals surface area contributed by atoms with Crippen molar-refractivity contribution in [2.24, 2.45) is 0 Å². The van der Waals surface area contributed by atoms with Crippen molar-refractivity contribution >= 4 is 16.8 Å². The van der Waals surface area contributed by atoms with E-state index in [0.717, 1.165) is 10.5 Å². The summed E-state index contributed by atoms with van der Waals surface area (Å²) < 4.78 is 12.0. The van der Waals surface area contributed by atoms with E-state index in [4.69, 9.17) is 5.11 Å². The van der Waals surface area contributed by atoms with Crippen molar-refractivity contribution in [3.05, 3.63) is 29.8 Å². The van der Waals surface area contributed by atoms with Crippen LogP contribution in [0.1, 0.15) is 31.2 Å². The van der Waals surface area contributed by atoms with Crippen molar-refractivity contribution in [1.29, 1.82) is 0 Å². The summed E-state index contributed by atoms with van der Waals surface area (Å²) in [7, 11) is -0.988. The maximum Gasteiger partial charge on any atom is 0.303 e. The molecule has 2 rings (SSSR count). The van der Waals surface area contributed by atoms with Crippen molar-refractivity contribution in [3.63, 3.8) is 0 Å². The van der Waals surface area contributed by atoms with E-state index in [9.17, 15) is 9.00 Å². The molecule has 0 saturated heterocycles. The van der Waals surface area contributed by atoms with Crippen molar-refractivity contribution in [2.75, 3.05) is 0 Å². The van der Waals surface area contributed by atoms with E-state index in [1.165, 1.54) is 0 Å². The molecule has 0 aromatic heterocycles. The molecule has 0 aliphatic carbocycles. The first kappa shape index (κ1) is 11.3. The molecule has 16 heavy (non-hydrogen) atoms. The predicted octanol–water partition coefficient (Wildman–Crippen LogP) is 2.14. The molecule has 0 spiro atoms. The summed E-state index contributed by atoms with van der Waals surface area (Å²) in [6.07, 6.45) is 0.814. The molecule has 1 aliphatic rings. The Morgan fingerprint density at radius 1 is 1.50 bits per heavy atom. The van der Waals surface area contributed by atoms with Crippen LogP contribution in [0.4, 0.5) is 0 Å². The summed E-state index contributed by atoms with van der Waals surface area (Å²) in [5.41, 5.74) is 0.946. The molecular weight excluding hydrogens is 224 g/mol. The lowest BCUT2D eigenvalue weighted by molar-refractivity contribution is -0.137. The molecule has 0 fully saturated rings. The smallest absolute Gasteiger partial charge is 0.303 e. The second kappa shape index (κ2) is 4.37. The zero-order chi connectivity index (χ0) is 11.7. The highest BCUT2D eigenvalue weighted by Gasteiger charge is 2.30. The van der Waals surface area contributed by atoms with Gasteiger partial charge in [-0.05, 0) is 24.0 Å². The first-order valence-corrected chi connectivity index (χ1v) is 6.52. The standard InChI is InChI=1S/C12H14O3S/c1-8-6-9(7-12(13)14)10-4-2-3-5-11(10)16(8)15/h2-5,8-9H,6-7H2,1H3,(H,13,14)/t8-,9?,16?/m1/s1. The lowest BCUT2D eigenvalue weighted by Crippen LogP contribution is -2.24. The number of carboxylic acids is 1. The van der Waals surface area contributed by atoms with Gasteiger partial charge in [0.25, 0.3) is 0 Å². The van der Waals surface area contributed by atoms with Gasteiger partial charge in [-0.15, -0.1) is 0 Å². The quantitative estimate of drug-likeness (QED) is 0.858. The fourth-order valence-electron chi connectivity index (χ4n) is 2.24. The summed E-state index contributed by atoms with van der Waals surface area (Å²) in [6.45, 7) is 1.92. The molecule has 1 N–H and O–H groups in total. The van der Waals surface area contributed by atoms with Crippen LogP contribution in [0.3, 0.4) is 0 Å². The van der Waals surface area contributed by atoms with E-state index in [2.05, 4.69) is 0 Å². The zero-order valence-electron chi connectivity index (χ0n) is 9.05. The zero-order valence-corrected chi connectivity index (χ0v) is 9.87. The third-order valence-electron chi connectivity index (χ3n) is 2.98. The van der Waals surface area contributed by atoms with E-state index in [0.29, 0.717) is 6.42 Å². The summed E-state index contributed by atoms with van der Waals surface area (Å²) in [4.78, 5) is 11.6. The molecule has 4 heteroatoms. The average molecular weight is 238 g/mol. The Balaban J connectivity index is 2.40. The molecule has 2 unspecified atom stereocenters. The number of carboxylic acid groups (broad SMARTS) is 1. The van der Waals surface area contributed by atoms with Gasteiger partial charge in [0.1, 0.15) is 0 Å². The molecule has 86 valence electrons. The number of fused-ring (bicyclic) bond motifs is 1. The molecule has 0 radical (unpaired) electrons. The van der Waals surface area contributed by atoms with Crippen molar-refractivity contribution in [3.8, 4) is 0 Å². The number of rotatable bonds is 2. The van der Waals surface area contributed by atoms with Crippen LogP contribution in [0.5, 0.6) is 0 Å². The molecule has 3 atom stereocenters. The lowest BCUT2D eigenvalue weighted by Gasteiger charge is -2.28. The normalized spacial score (nSPS) is 28.4. The van der Waals surface area contributed by atoms with Crippen LogP contribution in [0, 0.1) is 0 Å². The predicted molar refractivity (Wildman–Crippen MR) is 61.9 cm³/mol. The maximum atomic E-state index is 12.0.